The number of hydrogen-bond donors (Lipinski definition) is 3. The van der Waals surface area contributed by atoms with Crippen molar-refractivity contribution < 1.29 is 33.4 Å². The molecule has 0 heterocycles. The van der Waals surface area contributed by atoms with Crippen molar-refractivity contribution in [3.05, 3.63) is 0 Å². The van der Waals surface area contributed by atoms with Gasteiger partial charge in [-0.1, -0.05) is 13.8 Å². The van der Waals surface area contributed by atoms with Gasteiger partial charge in [-0.2, -0.15) is 0 Å². The smallest absolute Gasteiger partial charge is 0.422 e. The molecule has 0 saturated heterocycles. The lowest BCUT2D eigenvalue weighted by Crippen LogP contribution is -2.74. The molecular weight excluding hydrogens is 348 g/mol. The van der Waals surface area contributed by atoms with Crippen LogP contribution in [-0.4, -0.2) is 54.4 Å². The third-order valence-electron chi connectivity index (χ3n) is 3.34. The van der Waals surface area contributed by atoms with Crippen molar-refractivity contribution in [2.75, 3.05) is 19.8 Å². The van der Waals surface area contributed by atoms with Crippen LogP contribution in [0.25, 0.3) is 0 Å². The van der Waals surface area contributed by atoms with Gasteiger partial charge in [-0.3, -0.25) is 4.79 Å². The first-order valence-electron chi connectivity index (χ1n) is 8.28. The summed E-state index contributed by atoms with van der Waals surface area (Å²) in [5.74, 6) is -2.18. The summed E-state index contributed by atoms with van der Waals surface area (Å²) in [6.07, 6.45) is -1.82. The Labute approximate surface area is 152 Å². The molecule has 1 atom stereocenters. The maximum absolute atomic E-state index is 12.6. The number of nitrogens with one attached hydrogen (secondary N) is 3. The number of ketones is 1. The second-order valence-corrected chi connectivity index (χ2v) is 5.32. The Kier molecular flexibility index (Phi) is 10.2. The minimum atomic E-state index is -1.97. The molecule has 0 aliphatic heterocycles. The number of carbonyl (C=O) groups is 4. The van der Waals surface area contributed by atoms with E-state index in [4.69, 9.17) is 14.2 Å². The lowest BCUT2D eigenvalue weighted by Gasteiger charge is -2.41. The fourth-order valence-electron chi connectivity index (χ4n) is 2.26. The molecule has 3 N–H and O–H groups in total. The zero-order valence-corrected chi connectivity index (χ0v) is 16.0. The number of Topliss-reactive ketones (excluding diaryl/α,β-unsaturated/α-hetero) is 1. The van der Waals surface area contributed by atoms with Crippen LogP contribution in [0.1, 0.15) is 41.5 Å². The van der Waals surface area contributed by atoms with Gasteiger partial charge < -0.3 is 14.2 Å². The van der Waals surface area contributed by atoms with Crippen molar-refractivity contribution in [3.63, 3.8) is 0 Å². The van der Waals surface area contributed by atoms with E-state index in [1.165, 1.54) is 6.92 Å². The van der Waals surface area contributed by atoms with Crippen LogP contribution in [0, 0.1) is 5.92 Å². The molecule has 0 aliphatic carbocycles. The van der Waals surface area contributed by atoms with Crippen LogP contribution < -0.4 is 16.4 Å². The number of ether oxygens (including phenoxy) is 3. The van der Waals surface area contributed by atoms with E-state index in [0.717, 1.165) is 5.12 Å². The van der Waals surface area contributed by atoms with Gasteiger partial charge in [0.05, 0.1) is 19.8 Å². The highest BCUT2D eigenvalue weighted by atomic mass is 16.6. The zero-order valence-electron chi connectivity index (χ0n) is 16.0. The minimum Gasteiger partial charge on any atom is -0.464 e. The molecule has 26 heavy (non-hydrogen) atoms. The van der Waals surface area contributed by atoms with Crippen LogP contribution >= 0.6 is 0 Å². The molecular formula is C15H28N4O7. The highest BCUT2D eigenvalue weighted by Crippen LogP contribution is 2.26. The lowest BCUT2D eigenvalue weighted by atomic mass is 9.83. The Morgan fingerprint density at radius 3 is 1.85 bits per heavy atom. The summed E-state index contributed by atoms with van der Waals surface area (Å²) in [6, 6.07) is 0. The normalized spacial score (nSPS) is 12.9. The SMILES string of the molecule is CCOC(=O)NNN(NC(=O)OCC)C(C(C)=O)(C(=O)OCC)C(C)C. The number of amides is 2. The molecule has 0 bridgehead atoms. The monoisotopic (exact) mass is 376 g/mol. The Bertz CT molecular complexity index is 512. The van der Waals surface area contributed by atoms with Crippen molar-refractivity contribution >= 4 is 23.9 Å². The van der Waals surface area contributed by atoms with Crippen LogP contribution in [0.3, 0.4) is 0 Å². The highest BCUT2D eigenvalue weighted by molar-refractivity contribution is 6.07. The van der Waals surface area contributed by atoms with Crippen LogP contribution in [0.15, 0.2) is 0 Å². The van der Waals surface area contributed by atoms with Gasteiger partial charge in [0.1, 0.15) is 0 Å². The van der Waals surface area contributed by atoms with E-state index in [9.17, 15) is 19.2 Å². The molecule has 2 amide bonds. The summed E-state index contributed by atoms with van der Waals surface area (Å²) in [6.45, 7) is 9.27. The molecule has 0 aromatic carbocycles. The maximum Gasteiger partial charge on any atom is 0.422 e. The second kappa shape index (κ2) is 11.3. The van der Waals surface area contributed by atoms with Gasteiger partial charge in [-0.05, 0) is 33.6 Å². The van der Waals surface area contributed by atoms with Crippen molar-refractivity contribution in [3.8, 4) is 0 Å². The van der Waals surface area contributed by atoms with Crippen molar-refractivity contribution in [1.29, 1.82) is 0 Å². The van der Waals surface area contributed by atoms with Gasteiger partial charge in [0.2, 0.25) is 5.54 Å². The van der Waals surface area contributed by atoms with Gasteiger partial charge >= 0.3 is 18.2 Å². The summed E-state index contributed by atoms with van der Waals surface area (Å²) in [7, 11) is 0. The van der Waals surface area contributed by atoms with E-state index < -0.39 is 35.4 Å². The Hall–Kier alpha value is -2.40. The molecule has 0 saturated carbocycles. The summed E-state index contributed by atoms with van der Waals surface area (Å²) in [5.41, 5.74) is 4.70. The van der Waals surface area contributed by atoms with E-state index in [2.05, 4.69) is 16.4 Å². The zero-order chi connectivity index (χ0) is 20.3. The summed E-state index contributed by atoms with van der Waals surface area (Å²) < 4.78 is 14.5. The number of hydrazine groups is 3. The van der Waals surface area contributed by atoms with Gasteiger partial charge in [0.25, 0.3) is 0 Å². The first-order chi connectivity index (χ1) is 12.2. The summed E-state index contributed by atoms with van der Waals surface area (Å²) >= 11 is 0. The van der Waals surface area contributed by atoms with E-state index in [0.29, 0.717) is 0 Å². The molecule has 0 aliphatic rings. The van der Waals surface area contributed by atoms with Crippen LogP contribution in [0.2, 0.25) is 0 Å². The predicted molar refractivity (Wildman–Crippen MR) is 90.2 cm³/mol. The molecule has 0 fully saturated rings. The Balaban J connectivity index is 5.88. The lowest BCUT2D eigenvalue weighted by molar-refractivity contribution is -0.174. The largest absolute Gasteiger partial charge is 0.464 e. The van der Waals surface area contributed by atoms with Gasteiger partial charge in [0.15, 0.2) is 5.78 Å². The first kappa shape index (κ1) is 23.6. The molecule has 0 aromatic heterocycles. The summed E-state index contributed by atoms with van der Waals surface area (Å²) in [5, 5.41) is 0.757. The average Bonchev–Trinajstić information content (AvgIpc) is 2.53. The quantitative estimate of drug-likeness (QED) is 0.217. The summed E-state index contributed by atoms with van der Waals surface area (Å²) in [4.78, 5) is 48.5. The van der Waals surface area contributed by atoms with E-state index >= 15 is 0 Å². The number of rotatable bonds is 10. The Morgan fingerprint density at radius 1 is 0.923 bits per heavy atom. The van der Waals surface area contributed by atoms with Gasteiger partial charge in [-0.15, -0.1) is 10.7 Å². The number of hydrogen-bond acceptors (Lipinski definition) is 9. The topological polar surface area (TPSA) is 135 Å². The molecule has 11 heteroatoms. The molecule has 11 nitrogen and oxygen atoms in total. The molecule has 1 unspecified atom stereocenters. The third kappa shape index (κ3) is 5.85. The Morgan fingerprint density at radius 2 is 1.42 bits per heavy atom. The minimum absolute atomic E-state index is 0.0130. The van der Waals surface area contributed by atoms with Crippen LogP contribution in [0.5, 0.6) is 0 Å². The fraction of sp³-hybridized carbons (Fsp3) is 0.733. The number of nitrogens with zero attached hydrogens (tertiary/aromatic N) is 1. The van der Waals surface area contributed by atoms with E-state index in [1.807, 2.05) is 0 Å². The van der Waals surface area contributed by atoms with Crippen molar-refractivity contribution in [2.45, 2.75) is 47.1 Å². The van der Waals surface area contributed by atoms with E-state index in [-0.39, 0.29) is 19.8 Å². The van der Waals surface area contributed by atoms with Gasteiger partial charge in [-0.25, -0.2) is 25.2 Å². The standard InChI is InChI=1S/C15H28N4O7/c1-7-24-12(21)15(10(4)5,11(6)20)19(17-14(23)26-9-3)18-16-13(22)25-8-2/h10,18H,7-9H2,1-6H3,(H,16,22)(H,17,23). The van der Waals surface area contributed by atoms with Gasteiger partial charge in [0, 0.05) is 0 Å². The molecule has 0 aromatic rings. The molecule has 0 radical (unpaired) electrons. The third-order valence-corrected chi connectivity index (χ3v) is 3.34. The highest BCUT2D eigenvalue weighted by Gasteiger charge is 2.54. The molecule has 0 rings (SSSR count). The predicted octanol–water partition coefficient (Wildman–Crippen LogP) is 0.662. The van der Waals surface area contributed by atoms with Crippen molar-refractivity contribution in [1.82, 2.24) is 21.5 Å². The maximum atomic E-state index is 12.6. The van der Waals surface area contributed by atoms with Crippen LogP contribution in [-0.2, 0) is 23.8 Å². The van der Waals surface area contributed by atoms with Crippen molar-refractivity contribution in [2.24, 2.45) is 5.92 Å². The molecule has 0 spiro atoms. The number of esters is 1. The van der Waals surface area contributed by atoms with Crippen LogP contribution in [0.4, 0.5) is 9.59 Å². The molecule has 150 valence electrons. The van der Waals surface area contributed by atoms with E-state index in [1.54, 1.807) is 34.6 Å². The second-order valence-electron chi connectivity index (χ2n) is 5.32. The average molecular weight is 376 g/mol. The number of carbonyl (C=O) groups excluding carboxylic acids is 4. The fourth-order valence-corrected chi connectivity index (χ4v) is 2.26. The first-order valence-corrected chi connectivity index (χ1v) is 8.28.